The van der Waals surface area contributed by atoms with Gasteiger partial charge in [0, 0.05) is 6.61 Å². The minimum absolute atomic E-state index is 0.253. The van der Waals surface area contributed by atoms with Crippen molar-refractivity contribution in [2.45, 2.75) is 90.4 Å². The summed E-state index contributed by atoms with van der Waals surface area (Å²) in [5, 5.41) is 8.42. The molecule has 0 rings (SSSR count). The summed E-state index contributed by atoms with van der Waals surface area (Å²) in [4.78, 5) is 10.3. The first-order valence-electron chi connectivity index (χ1n) is 16.1. The standard InChI is InChI=1S/C31H62O10/c1-2-3-4-5-6-7-8-9-10-11-12-13-14-15-34-16-17-35-18-19-36-20-21-37-22-23-38-24-25-39-26-27-40-28-29-41-30-31(32)33/h2-30H2,1H3,(H,32,33). The molecule has 1 N–H and O–H groups in total. The van der Waals surface area contributed by atoms with Gasteiger partial charge in [0.15, 0.2) is 0 Å². The van der Waals surface area contributed by atoms with Crippen molar-refractivity contribution in [2.75, 3.05) is 106 Å². The van der Waals surface area contributed by atoms with Gasteiger partial charge < -0.3 is 43.0 Å². The third-order valence-corrected chi connectivity index (χ3v) is 6.22. The summed E-state index contributed by atoms with van der Waals surface area (Å²) in [5.41, 5.74) is 0. The van der Waals surface area contributed by atoms with Crippen LogP contribution in [-0.2, 0) is 42.7 Å². The Morgan fingerprint density at radius 1 is 0.366 bits per heavy atom. The fraction of sp³-hybridized carbons (Fsp3) is 0.968. The minimum atomic E-state index is -0.986. The summed E-state index contributed by atoms with van der Waals surface area (Å²) in [7, 11) is 0. The normalized spacial score (nSPS) is 11.4. The van der Waals surface area contributed by atoms with E-state index in [1.165, 1.54) is 77.0 Å². The lowest BCUT2D eigenvalue weighted by Crippen LogP contribution is -2.15. The molecule has 0 atom stereocenters. The molecule has 0 bridgehead atoms. The van der Waals surface area contributed by atoms with Crippen LogP contribution in [0, 0.1) is 0 Å². The van der Waals surface area contributed by atoms with Gasteiger partial charge in [-0.1, -0.05) is 84.0 Å². The Morgan fingerprint density at radius 3 is 0.902 bits per heavy atom. The quantitative estimate of drug-likeness (QED) is 0.0952. The molecule has 0 aromatic rings. The number of hydrogen-bond acceptors (Lipinski definition) is 9. The molecule has 10 nitrogen and oxygen atoms in total. The number of ether oxygens (including phenoxy) is 8. The molecule has 0 aromatic carbocycles. The second-order valence-corrected chi connectivity index (χ2v) is 9.98. The van der Waals surface area contributed by atoms with Crippen molar-refractivity contribution in [1.29, 1.82) is 0 Å². The molecular formula is C31H62O10. The second kappa shape index (κ2) is 37.2. The van der Waals surface area contributed by atoms with Gasteiger partial charge in [0.2, 0.25) is 0 Å². The molecule has 0 spiro atoms. The monoisotopic (exact) mass is 594 g/mol. The molecule has 0 radical (unpaired) electrons. The van der Waals surface area contributed by atoms with Crippen molar-refractivity contribution in [3.63, 3.8) is 0 Å². The number of hydrogen-bond donors (Lipinski definition) is 1. The molecule has 0 aliphatic rings. The van der Waals surface area contributed by atoms with Gasteiger partial charge in [-0.3, -0.25) is 0 Å². The zero-order valence-corrected chi connectivity index (χ0v) is 26.1. The average Bonchev–Trinajstić information content (AvgIpc) is 2.97. The van der Waals surface area contributed by atoms with Crippen molar-refractivity contribution in [3.05, 3.63) is 0 Å². The zero-order chi connectivity index (χ0) is 29.7. The van der Waals surface area contributed by atoms with Crippen LogP contribution in [0.2, 0.25) is 0 Å². The molecule has 0 aliphatic heterocycles. The van der Waals surface area contributed by atoms with E-state index in [9.17, 15) is 4.79 Å². The predicted molar refractivity (Wildman–Crippen MR) is 160 cm³/mol. The molecule has 0 unspecified atom stereocenters. The first-order valence-corrected chi connectivity index (χ1v) is 16.1. The van der Waals surface area contributed by atoms with Crippen molar-refractivity contribution < 1.29 is 47.8 Å². The molecule has 0 fully saturated rings. The van der Waals surface area contributed by atoms with E-state index in [1.807, 2.05) is 0 Å². The Morgan fingerprint density at radius 2 is 0.610 bits per heavy atom. The van der Waals surface area contributed by atoms with Crippen molar-refractivity contribution >= 4 is 5.97 Å². The highest BCUT2D eigenvalue weighted by Crippen LogP contribution is 2.12. The van der Waals surface area contributed by atoms with Crippen molar-refractivity contribution in [1.82, 2.24) is 0 Å². The number of carbonyl (C=O) groups is 1. The molecule has 41 heavy (non-hydrogen) atoms. The van der Waals surface area contributed by atoms with Crippen LogP contribution in [0.25, 0.3) is 0 Å². The fourth-order valence-electron chi connectivity index (χ4n) is 3.92. The van der Waals surface area contributed by atoms with Crippen LogP contribution in [0.4, 0.5) is 0 Å². The van der Waals surface area contributed by atoms with Crippen LogP contribution < -0.4 is 0 Å². The number of unbranched alkanes of at least 4 members (excludes halogenated alkanes) is 12. The topological polar surface area (TPSA) is 111 Å². The van der Waals surface area contributed by atoms with E-state index in [1.54, 1.807) is 0 Å². The number of rotatable bonds is 37. The van der Waals surface area contributed by atoms with E-state index < -0.39 is 5.97 Å². The molecule has 246 valence electrons. The summed E-state index contributed by atoms with van der Waals surface area (Å²) >= 11 is 0. The van der Waals surface area contributed by atoms with E-state index in [2.05, 4.69) is 6.92 Å². The lowest BCUT2D eigenvalue weighted by atomic mass is 10.0. The highest BCUT2D eigenvalue weighted by molar-refractivity contribution is 5.67. The summed E-state index contributed by atoms with van der Waals surface area (Å²) in [5.74, 6) is -0.986. The molecule has 10 heteroatoms. The van der Waals surface area contributed by atoms with Gasteiger partial charge in [0.05, 0.1) is 92.5 Å². The Kier molecular flexibility index (Phi) is 36.4. The lowest BCUT2D eigenvalue weighted by Gasteiger charge is -2.08. The summed E-state index contributed by atoms with van der Waals surface area (Å²) in [6.07, 6.45) is 17.8. The van der Waals surface area contributed by atoms with E-state index in [0.29, 0.717) is 85.9 Å². The average molecular weight is 595 g/mol. The Balaban J connectivity index is 3.03. The van der Waals surface area contributed by atoms with E-state index in [4.69, 9.17) is 43.0 Å². The minimum Gasteiger partial charge on any atom is -0.480 e. The highest BCUT2D eigenvalue weighted by Gasteiger charge is 1.98. The lowest BCUT2D eigenvalue weighted by molar-refractivity contribution is -0.142. The number of carboxylic acids is 1. The largest absolute Gasteiger partial charge is 0.480 e. The maximum atomic E-state index is 10.3. The number of carboxylic acid groups (broad SMARTS) is 1. The molecule has 0 heterocycles. The first kappa shape index (κ1) is 40.1. The SMILES string of the molecule is CCCCCCCCCCCCCCCOCCOCCOCCOCCOCCOCCOCCOCC(=O)O. The summed E-state index contributed by atoms with van der Waals surface area (Å²) in [6.45, 7) is 9.67. The third-order valence-electron chi connectivity index (χ3n) is 6.22. The number of aliphatic carboxylic acids is 1. The van der Waals surface area contributed by atoms with Crippen LogP contribution >= 0.6 is 0 Å². The Hall–Kier alpha value is -0.850. The van der Waals surface area contributed by atoms with E-state index in [-0.39, 0.29) is 13.2 Å². The Bertz CT molecular complexity index is 496. The van der Waals surface area contributed by atoms with Crippen LogP contribution in [0.3, 0.4) is 0 Å². The van der Waals surface area contributed by atoms with Crippen LogP contribution in [0.5, 0.6) is 0 Å². The van der Waals surface area contributed by atoms with Gasteiger partial charge >= 0.3 is 5.97 Å². The summed E-state index contributed by atoms with van der Waals surface area (Å²) < 4.78 is 43.0. The zero-order valence-electron chi connectivity index (χ0n) is 26.1. The third kappa shape index (κ3) is 39.1. The van der Waals surface area contributed by atoms with Gasteiger partial charge in [-0.2, -0.15) is 0 Å². The highest BCUT2D eigenvalue weighted by atomic mass is 16.6. The molecular weight excluding hydrogens is 532 g/mol. The van der Waals surface area contributed by atoms with Crippen molar-refractivity contribution in [3.8, 4) is 0 Å². The van der Waals surface area contributed by atoms with Gasteiger partial charge in [-0.25, -0.2) is 4.79 Å². The van der Waals surface area contributed by atoms with E-state index >= 15 is 0 Å². The van der Waals surface area contributed by atoms with E-state index in [0.717, 1.165) is 13.0 Å². The molecule has 0 aliphatic carbocycles. The molecule has 0 saturated heterocycles. The van der Waals surface area contributed by atoms with Gasteiger partial charge in [0.1, 0.15) is 6.61 Å². The fourth-order valence-corrected chi connectivity index (χ4v) is 3.92. The molecule has 0 saturated carbocycles. The smallest absolute Gasteiger partial charge is 0.329 e. The second-order valence-electron chi connectivity index (χ2n) is 9.98. The van der Waals surface area contributed by atoms with Gasteiger partial charge in [-0.15, -0.1) is 0 Å². The maximum Gasteiger partial charge on any atom is 0.329 e. The Labute approximate surface area is 250 Å². The van der Waals surface area contributed by atoms with Crippen LogP contribution in [0.15, 0.2) is 0 Å². The first-order chi connectivity index (χ1) is 20.3. The van der Waals surface area contributed by atoms with Crippen LogP contribution in [-0.4, -0.2) is 117 Å². The van der Waals surface area contributed by atoms with Gasteiger partial charge in [0.25, 0.3) is 0 Å². The van der Waals surface area contributed by atoms with Crippen LogP contribution in [0.1, 0.15) is 90.4 Å². The van der Waals surface area contributed by atoms with Crippen molar-refractivity contribution in [2.24, 2.45) is 0 Å². The van der Waals surface area contributed by atoms with Gasteiger partial charge in [-0.05, 0) is 6.42 Å². The predicted octanol–water partition coefficient (Wildman–Crippen LogP) is 5.30. The molecule has 0 amide bonds. The summed E-state index contributed by atoms with van der Waals surface area (Å²) in [6, 6.07) is 0. The maximum absolute atomic E-state index is 10.3. The molecule has 0 aromatic heterocycles.